The predicted molar refractivity (Wildman–Crippen MR) is 65.4 cm³/mol. The standard InChI is InChI=1S/C12H13N3O3/c1-17-11-4-8(6-16)2-3-10(11)18-12-9(13)5-14-7-15-12/h2-5,7,16H,6,13H2,1H3. The molecule has 0 saturated heterocycles. The summed E-state index contributed by atoms with van der Waals surface area (Å²) in [6, 6.07) is 5.11. The van der Waals surface area contributed by atoms with Crippen molar-refractivity contribution in [2.24, 2.45) is 0 Å². The topological polar surface area (TPSA) is 90.5 Å². The van der Waals surface area contributed by atoms with E-state index in [1.165, 1.54) is 19.6 Å². The van der Waals surface area contributed by atoms with Crippen molar-refractivity contribution in [3.05, 3.63) is 36.3 Å². The van der Waals surface area contributed by atoms with Gasteiger partial charge in [0.25, 0.3) is 0 Å². The Labute approximate surface area is 104 Å². The highest BCUT2D eigenvalue weighted by Gasteiger charge is 2.09. The quantitative estimate of drug-likeness (QED) is 0.847. The van der Waals surface area contributed by atoms with Gasteiger partial charge in [0.2, 0.25) is 5.88 Å². The first-order valence-corrected chi connectivity index (χ1v) is 5.25. The Balaban J connectivity index is 2.32. The third-order valence-corrected chi connectivity index (χ3v) is 2.32. The minimum Gasteiger partial charge on any atom is -0.493 e. The van der Waals surface area contributed by atoms with Crippen molar-refractivity contribution in [2.45, 2.75) is 6.61 Å². The van der Waals surface area contributed by atoms with Crippen LogP contribution in [0.25, 0.3) is 0 Å². The lowest BCUT2D eigenvalue weighted by Crippen LogP contribution is -1.98. The molecular formula is C12H13N3O3. The van der Waals surface area contributed by atoms with E-state index in [0.29, 0.717) is 17.2 Å². The van der Waals surface area contributed by atoms with Gasteiger partial charge in [-0.1, -0.05) is 6.07 Å². The molecule has 1 aromatic heterocycles. The number of nitrogens with two attached hydrogens (primary N) is 1. The maximum atomic E-state index is 9.05. The molecule has 6 nitrogen and oxygen atoms in total. The van der Waals surface area contributed by atoms with Gasteiger partial charge >= 0.3 is 0 Å². The van der Waals surface area contributed by atoms with Crippen molar-refractivity contribution in [2.75, 3.05) is 12.8 Å². The molecule has 0 aliphatic heterocycles. The van der Waals surface area contributed by atoms with Crippen molar-refractivity contribution in [3.63, 3.8) is 0 Å². The molecule has 0 spiro atoms. The van der Waals surface area contributed by atoms with Gasteiger partial charge in [-0.05, 0) is 17.7 Å². The second kappa shape index (κ2) is 5.33. The van der Waals surface area contributed by atoms with E-state index in [9.17, 15) is 0 Å². The Morgan fingerprint density at radius 2 is 2.17 bits per heavy atom. The molecule has 0 amide bonds. The van der Waals surface area contributed by atoms with E-state index in [1.807, 2.05) is 0 Å². The zero-order chi connectivity index (χ0) is 13.0. The van der Waals surface area contributed by atoms with E-state index >= 15 is 0 Å². The number of aliphatic hydroxyl groups excluding tert-OH is 1. The zero-order valence-corrected chi connectivity index (χ0v) is 9.83. The van der Waals surface area contributed by atoms with Crippen LogP contribution in [-0.4, -0.2) is 22.2 Å². The molecule has 0 aliphatic rings. The first kappa shape index (κ1) is 12.1. The lowest BCUT2D eigenvalue weighted by molar-refractivity contribution is 0.280. The molecule has 0 fully saturated rings. The van der Waals surface area contributed by atoms with Crippen LogP contribution in [0, 0.1) is 0 Å². The summed E-state index contributed by atoms with van der Waals surface area (Å²) in [6.45, 7) is -0.0632. The number of nitrogens with zero attached hydrogens (tertiary/aromatic N) is 2. The molecule has 0 bridgehead atoms. The Morgan fingerprint density at radius 1 is 1.33 bits per heavy atom. The summed E-state index contributed by atoms with van der Waals surface area (Å²) in [5.41, 5.74) is 6.76. The van der Waals surface area contributed by atoms with Crippen molar-refractivity contribution in [3.8, 4) is 17.4 Å². The summed E-state index contributed by atoms with van der Waals surface area (Å²) in [6.07, 6.45) is 2.80. The van der Waals surface area contributed by atoms with Crippen LogP contribution in [0.5, 0.6) is 17.4 Å². The van der Waals surface area contributed by atoms with Gasteiger partial charge in [0.15, 0.2) is 11.5 Å². The van der Waals surface area contributed by atoms with E-state index in [1.54, 1.807) is 18.2 Å². The second-order valence-electron chi connectivity index (χ2n) is 3.53. The van der Waals surface area contributed by atoms with Gasteiger partial charge in [-0.2, -0.15) is 4.98 Å². The van der Waals surface area contributed by atoms with Crippen molar-refractivity contribution in [1.29, 1.82) is 0 Å². The maximum Gasteiger partial charge on any atom is 0.245 e. The fourth-order valence-electron chi connectivity index (χ4n) is 1.41. The number of methoxy groups -OCH3 is 1. The molecule has 2 aromatic rings. The number of anilines is 1. The highest BCUT2D eigenvalue weighted by Crippen LogP contribution is 2.33. The van der Waals surface area contributed by atoms with Crippen molar-refractivity contribution in [1.82, 2.24) is 9.97 Å². The monoisotopic (exact) mass is 247 g/mol. The van der Waals surface area contributed by atoms with Gasteiger partial charge in [0, 0.05) is 0 Å². The molecule has 1 heterocycles. The molecule has 0 saturated carbocycles. The first-order valence-electron chi connectivity index (χ1n) is 5.25. The molecule has 0 unspecified atom stereocenters. The highest BCUT2D eigenvalue weighted by atomic mass is 16.5. The number of hydrogen-bond donors (Lipinski definition) is 2. The average Bonchev–Trinajstić information content (AvgIpc) is 2.41. The van der Waals surface area contributed by atoms with Gasteiger partial charge in [0.1, 0.15) is 12.0 Å². The number of benzene rings is 1. The Bertz CT molecular complexity index is 546. The summed E-state index contributed by atoms with van der Waals surface area (Å²) < 4.78 is 10.7. The van der Waals surface area contributed by atoms with Crippen molar-refractivity contribution >= 4 is 5.69 Å². The largest absolute Gasteiger partial charge is 0.493 e. The molecule has 2 rings (SSSR count). The normalized spacial score (nSPS) is 10.1. The smallest absolute Gasteiger partial charge is 0.245 e. The summed E-state index contributed by atoms with van der Waals surface area (Å²) in [5, 5.41) is 9.05. The third kappa shape index (κ3) is 2.49. The molecule has 0 radical (unpaired) electrons. The van der Waals surface area contributed by atoms with E-state index in [0.717, 1.165) is 5.56 Å². The fourth-order valence-corrected chi connectivity index (χ4v) is 1.41. The fraction of sp³-hybridized carbons (Fsp3) is 0.167. The van der Waals surface area contributed by atoms with Crippen molar-refractivity contribution < 1.29 is 14.6 Å². The average molecular weight is 247 g/mol. The number of aromatic nitrogens is 2. The summed E-state index contributed by atoms with van der Waals surface area (Å²) >= 11 is 0. The van der Waals surface area contributed by atoms with Crippen LogP contribution in [0.2, 0.25) is 0 Å². The van der Waals surface area contributed by atoms with Crippen LogP contribution >= 0.6 is 0 Å². The SMILES string of the molecule is COc1cc(CO)ccc1Oc1ncncc1N. The third-order valence-electron chi connectivity index (χ3n) is 2.32. The van der Waals surface area contributed by atoms with Crippen LogP contribution in [0.15, 0.2) is 30.7 Å². The molecule has 0 aliphatic carbocycles. The van der Waals surface area contributed by atoms with Crippen LogP contribution in [0.3, 0.4) is 0 Å². The lowest BCUT2D eigenvalue weighted by Gasteiger charge is -2.11. The van der Waals surface area contributed by atoms with E-state index in [2.05, 4.69) is 9.97 Å². The van der Waals surface area contributed by atoms with Gasteiger partial charge in [-0.3, -0.25) is 0 Å². The summed E-state index contributed by atoms with van der Waals surface area (Å²) in [5.74, 6) is 1.24. The predicted octanol–water partition coefficient (Wildman–Crippen LogP) is 1.35. The van der Waals surface area contributed by atoms with Crippen LogP contribution < -0.4 is 15.2 Å². The van der Waals surface area contributed by atoms with E-state index < -0.39 is 0 Å². The maximum absolute atomic E-state index is 9.05. The first-order chi connectivity index (χ1) is 8.74. The summed E-state index contributed by atoms with van der Waals surface area (Å²) in [7, 11) is 1.52. The van der Waals surface area contributed by atoms with Gasteiger partial charge in [0.05, 0.1) is 19.9 Å². The summed E-state index contributed by atoms with van der Waals surface area (Å²) in [4.78, 5) is 7.70. The van der Waals surface area contributed by atoms with Crippen LogP contribution in [-0.2, 0) is 6.61 Å². The molecule has 0 atom stereocenters. The molecular weight excluding hydrogens is 234 g/mol. The van der Waals surface area contributed by atoms with Gasteiger partial charge in [-0.15, -0.1) is 0 Å². The zero-order valence-electron chi connectivity index (χ0n) is 9.83. The molecule has 94 valence electrons. The van der Waals surface area contributed by atoms with Crippen LogP contribution in [0.1, 0.15) is 5.56 Å². The second-order valence-corrected chi connectivity index (χ2v) is 3.53. The highest BCUT2D eigenvalue weighted by molar-refractivity contribution is 5.50. The number of hydrogen-bond acceptors (Lipinski definition) is 6. The number of ether oxygens (including phenoxy) is 2. The van der Waals surface area contributed by atoms with E-state index in [4.69, 9.17) is 20.3 Å². The van der Waals surface area contributed by atoms with Gasteiger partial charge < -0.3 is 20.3 Å². The Hall–Kier alpha value is -2.34. The number of aliphatic hydroxyl groups is 1. The van der Waals surface area contributed by atoms with E-state index in [-0.39, 0.29) is 12.5 Å². The Kier molecular flexibility index (Phi) is 3.59. The molecule has 18 heavy (non-hydrogen) atoms. The molecule has 1 aromatic carbocycles. The lowest BCUT2D eigenvalue weighted by atomic mass is 10.2. The van der Waals surface area contributed by atoms with Crippen LogP contribution in [0.4, 0.5) is 5.69 Å². The minimum atomic E-state index is -0.0632. The minimum absolute atomic E-state index is 0.0632. The number of rotatable bonds is 4. The van der Waals surface area contributed by atoms with Gasteiger partial charge in [-0.25, -0.2) is 4.98 Å². The Morgan fingerprint density at radius 3 is 2.83 bits per heavy atom. The molecule has 3 N–H and O–H groups in total. The number of nitrogen functional groups attached to an aromatic ring is 1. The molecule has 6 heteroatoms.